The summed E-state index contributed by atoms with van der Waals surface area (Å²) in [6.45, 7) is 1.05. The van der Waals surface area contributed by atoms with Crippen molar-refractivity contribution in [2.75, 3.05) is 6.54 Å². The van der Waals surface area contributed by atoms with Gasteiger partial charge in [0.2, 0.25) is 0 Å². The van der Waals surface area contributed by atoms with E-state index < -0.39 is 0 Å². The Morgan fingerprint density at radius 2 is 2.57 bits per heavy atom. The normalized spacial score (nSPS) is 24.0. The third-order valence-corrected chi connectivity index (χ3v) is 4.60. The minimum absolute atomic E-state index is 0.243. The average molecular weight is 276 g/mol. The molecule has 0 bridgehead atoms. The van der Waals surface area contributed by atoms with E-state index in [1.165, 1.54) is 11.3 Å². The predicted molar refractivity (Wildman–Crippen MR) is 62.8 cm³/mol. The van der Waals surface area contributed by atoms with Crippen molar-refractivity contribution in [1.29, 1.82) is 0 Å². The summed E-state index contributed by atoms with van der Waals surface area (Å²) >= 11 is 5.18. The van der Waals surface area contributed by atoms with Crippen molar-refractivity contribution in [3.63, 3.8) is 0 Å². The fourth-order valence-electron chi connectivity index (χ4n) is 1.84. The molecule has 0 amide bonds. The summed E-state index contributed by atoms with van der Waals surface area (Å²) in [6.07, 6.45) is 2.81. The van der Waals surface area contributed by atoms with Crippen molar-refractivity contribution in [2.45, 2.75) is 31.4 Å². The predicted octanol–water partition coefficient (Wildman–Crippen LogP) is 2.17. The minimum Gasteiger partial charge on any atom is -0.391 e. The first kappa shape index (κ1) is 10.6. The van der Waals surface area contributed by atoms with Crippen molar-refractivity contribution < 1.29 is 5.11 Å². The van der Waals surface area contributed by atoms with E-state index in [0.29, 0.717) is 6.04 Å². The lowest BCUT2D eigenvalue weighted by Gasteiger charge is -2.17. The maximum atomic E-state index is 9.97. The molecular formula is C10H14BrNOS. The highest BCUT2D eigenvalue weighted by molar-refractivity contribution is 9.10. The SMILES string of the molecule is OC(Cc1sccc1Br)[C@H]1CCCN1. The lowest BCUT2D eigenvalue weighted by Crippen LogP contribution is -2.35. The molecule has 4 heteroatoms. The molecule has 2 atom stereocenters. The van der Waals surface area contributed by atoms with E-state index in [1.54, 1.807) is 11.3 Å². The quantitative estimate of drug-likeness (QED) is 0.886. The van der Waals surface area contributed by atoms with Crippen LogP contribution in [-0.2, 0) is 6.42 Å². The first-order valence-electron chi connectivity index (χ1n) is 4.90. The maximum Gasteiger partial charge on any atom is 0.0741 e. The van der Waals surface area contributed by atoms with E-state index in [4.69, 9.17) is 0 Å². The van der Waals surface area contributed by atoms with Gasteiger partial charge in [-0.25, -0.2) is 0 Å². The molecule has 0 saturated carbocycles. The van der Waals surface area contributed by atoms with Gasteiger partial charge >= 0.3 is 0 Å². The van der Waals surface area contributed by atoms with Gasteiger partial charge in [-0.1, -0.05) is 0 Å². The molecule has 2 nitrogen and oxygen atoms in total. The van der Waals surface area contributed by atoms with Gasteiger partial charge in [-0.2, -0.15) is 0 Å². The molecule has 1 aromatic rings. The number of halogens is 1. The lowest BCUT2D eigenvalue weighted by molar-refractivity contribution is 0.136. The van der Waals surface area contributed by atoms with Gasteiger partial charge in [0.1, 0.15) is 0 Å². The second kappa shape index (κ2) is 4.75. The standard InChI is InChI=1S/C10H14BrNOS/c11-7-3-5-14-10(7)6-9(13)8-2-1-4-12-8/h3,5,8-9,12-13H,1-2,4,6H2/t8-,9?/m1/s1. The van der Waals surface area contributed by atoms with Crippen LogP contribution in [0, 0.1) is 0 Å². The molecule has 2 rings (SSSR count). The van der Waals surface area contributed by atoms with Crippen LogP contribution < -0.4 is 5.32 Å². The van der Waals surface area contributed by atoms with E-state index in [1.807, 2.05) is 11.4 Å². The molecule has 78 valence electrons. The van der Waals surface area contributed by atoms with E-state index >= 15 is 0 Å². The molecule has 2 N–H and O–H groups in total. The van der Waals surface area contributed by atoms with Gasteiger partial charge in [0.15, 0.2) is 0 Å². The van der Waals surface area contributed by atoms with Crippen molar-refractivity contribution in [2.24, 2.45) is 0 Å². The van der Waals surface area contributed by atoms with E-state index in [0.717, 1.165) is 23.9 Å². The fourth-order valence-corrected chi connectivity index (χ4v) is 3.41. The molecule has 0 aliphatic carbocycles. The third-order valence-electron chi connectivity index (χ3n) is 2.65. The van der Waals surface area contributed by atoms with E-state index in [9.17, 15) is 5.11 Å². The molecule has 0 aromatic carbocycles. The molecule has 1 aromatic heterocycles. The van der Waals surface area contributed by atoms with Crippen LogP contribution in [0.5, 0.6) is 0 Å². The van der Waals surface area contributed by atoms with Crippen LogP contribution in [0.1, 0.15) is 17.7 Å². The van der Waals surface area contributed by atoms with Crippen LogP contribution in [0.3, 0.4) is 0 Å². The summed E-state index contributed by atoms with van der Waals surface area (Å²) in [5.41, 5.74) is 0. The summed E-state index contributed by atoms with van der Waals surface area (Å²) in [4.78, 5) is 1.24. The Bertz CT molecular complexity index is 296. The van der Waals surface area contributed by atoms with Gasteiger partial charge in [0, 0.05) is 21.8 Å². The van der Waals surface area contributed by atoms with Crippen LogP contribution in [0.15, 0.2) is 15.9 Å². The summed E-state index contributed by atoms with van der Waals surface area (Å²) in [7, 11) is 0. The number of hydrogen-bond acceptors (Lipinski definition) is 3. The average Bonchev–Trinajstić information content (AvgIpc) is 2.77. The van der Waals surface area contributed by atoms with Gasteiger partial charge in [0.25, 0.3) is 0 Å². The summed E-state index contributed by atoms with van der Waals surface area (Å²) in [5.74, 6) is 0. The zero-order valence-electron chi connectivity index (χ0n) is 7.87. The largest absolute Gasteiger partial charge is 0.391 e. The van der Waals surface area contributed by atoms with Crippen LogP contribution in [0.25, 0.3) is 0 Å². The zero-order chi connectivity index (χ0) is 9.97. The second-order valence-electron chi connectivity index (χ2n) is 3.67. The molecule has 14 heavy (non-hydrogen) atoms. The molecule has 0 radical (unpaired) electrons. The van der Waals surface area contributed by atoms with Gasteiger partial charge in [-0.15, -0.1) is 11.3 Å². The number of nitrogens with one attached hydrogen (secondary N) is 1. The first-order valence-corrected chi connectivity index (χ1v) is 6.58. The van der Waals surface area contributed by atoms with Gasteiger partial charge in [-0.05, 0) is 46.8 Å². The molecule has 2 heterocycles. The van der Waals surface area contributed by atoms with Crippen LogP contribution in [0.4, 0.5) is 0 Å². The molecule has 1 unspecified atom stereocenters. The van der Waals surface area contributed by atoms with Crippen molar-refractivity contribution >= 4 is 27.3 Å². The number of aliphatic hydroxyl groups excluding tert-OH is 1. The molecule has 1 fully saturated rings. The smallest absolute Gasteiger partial charge is 0.0741 e. The lowest BCUT2D eigenvalue weighted by atomic mass is 10.1. The van der Waals surface area contributed by atoms with Crippen LogP contribution in [0.2, 0.25) is 0 Å². The molecule has 1 aliphatic rings. The second-order valence-corrected chi connectivity index (χ2v) is 5.52. The van der Waals surface area contributed by atoms with Gasteiger partial charge in [0.05, 0.1) is 6.10 Å². The minimum atomic E-state index is -0.243. The van der Waals surface area contributed by atoms with Crippen molar-refractivity contribution in [3.8, 4) is 0 Å². The van der Waals surface area contributed by atoms with Gasteiger partial charge in [-0.3, -0.25) is 0 Å². The van der Waals surface area contributed by atoms with Crippen LogP contribution >= 0.6 is 27.3 Å². The van der Waals surface area contributed by atoms with Crippen LogP contribution in [-0.4, -0.2) is 23.8 Å². The topological polar surface area (TPSA) is 32.3 Å². The van der Waals surface area contributed by atoms with Crippen molar-refractivity contribution in [1.82, 2.24) is 5.32 Å². The first-order chi connectivity index (χ1) is 6.77. The number of thiophene rings is 1. The Labute approximate surface area is 96.5 Å². The maximum absolute atomic E-state index is 9.97. The number of aliphatic hydroxyl groups is 1. The van der Waals surface area contributed by atoms with E-state index in [2.05, 4.69) is 21.2 Å². The molecule has 0 spiro atoms. The number of hydrogen-bond donors (Lipinski definition) is 2. The zero-order valence-corrected chi connectivity index (χ0v) is 10.3. The fraction of sp³-hybridized carbons (Fsp3) is 0.600. The molecule has 1 aliphatic heterocycles. The van der Waals surface area contributed by atoms with Gasteiger partial charge < -0.3 is 10.4 Å². The highest BCUT2D eigenvalue weighted by atomic mass is 79.9. The third kappa shape index (κ3) is 2.37. The van der Waals surface area contributed by atoms with Crippen molar-refractivity contribution in [3.05, 3.63) is 20.8 Å². The Morgan fingerprint density at radius 1 is 1.71 bits per heavy atom. The molecular weight excluding hydrogens is 262 g/mol. The summed E-state index contributed by atoms with van der Waals surface area (Å²) in [5, 5.41) is 15.3. The molecule has 1 saturated heterocycles. The number of rotatable bonds is 3. The highest BCUT2D eigenvalue weighted by Crippen LogP contribution is 2.25. The summed E-state index contributed by atoms with van der Waals surface area (Å²) < 4.78 is 1.12. The van der Waals surface area contributed by atoms with E-state index in [-0.39, 0.29) is 6.10 Å². The Kier molecular flexibility index (Phi) is 3.60. The summed E-state index contributed by atoms with van der Waals surface area (Å²) in [6, 6.07) is 2.33. The Hall–Kier alpha value is 0.1000. The highest BCUT2D eigenvalue weighted by Gasteiger charge is 2.23. The Balaban J connectivity index is 1.93. The Morgan fingerprint density at radius 3 is 3.14 bits per heavy atom. The monoisotopic (exact) mass is 275 g/mol.